The molecule has 2 aromatic rings. The van der Waals surface area contributed by atoms with Gasteiger partial charge in [0, 0.05) is 17.3 Å². The number of carbonyl (C=O) groups excluding carboxylic acids is 1. The Morgan fingerprint density at radius 2 is 1.76 bits per heavy atom. The number of ether oxygens (including phenoxy) is 1. The third-order valence-corrected chi connectivity index (χ3v) is 5.81. The van der Waals surface area contributed by atoms with Crippen LogP contribution in [0, 0.1) is 0 Å². The summed E-state index contributed by atoms with van der Waals surface area (Å²) in [5.41, 5.74) is 14.9. The number of aliphatic imine (C=N–C) groups is 1. The van der Waals surface area contributed by atoms with Crippen LogP contribution in [0.15, 0.2) is 64.6 Å². The normalized spacial score (nSPS) is 12.6. The van der Waals surface area contributed by atoms with Crippen molar-refractivity contribution >= 4 is 28.9 Å². The molecule has 0 radical (unpaired) electrons. The van der Waals surface area contributed by atoms with Crippen LogP contribution >= 0.6 is 0 Å². The molecule has 0 saturated heterocycles. The van der Waals surface area contributed by atoms with Gasteiger partial charge in [0.1, 0.15) is 5.75 Å². The maximum atomic E-state index is 11.3. The lowest BCUT2D eigenvalue weighted by atomic mass is 9.87. The molecule has 0 aliphatic carbocycles. The van der Waals surface area contributed by atoms with Gasteiger partial charge in [0.05, 0.1) is 17.7 Å². The Balaban J connectivity index is 0.000000679. The fraction of sp³-hybridized carbons (Fsp3) is 0.379. The van der Waals surface area contributed by atoms with Crippen LogP contribution in [0.2, 0.25) is 0 Å². The zero-order valence-corrected chi connectivity index (χ0v) is 24.3. The third-order valence-electron chi connectivity index (χ3n) is 5.13. The molecular formula is C29H42N3O4S-. The average molecular weight is 529 g/mol. The van der Waals surface area contributed by atoms with Crippen molar-refractivity contribution in [2.75, 3.05) is 7.11 Å². The van der Waals surface area contributed by atoms with E-state index in [0.29, 0.717) is 11.3 Å². The largest absolute Gasteiger partial charge is 0.768 e. The first-order chi connectivity index (χ1) is 17.4. The number of allylic oxidation sites excluding steroid dienone is 2. The third kappa shape index (κ3) is 10.7. The molecule has 0 heterocycles. The van der Waals surface area contributed by atoms with Gasteiger partial charge in [-0.15, -0.1) is 0 Å². The summed E-state index contributed by atoms with van der Waals surface area (Å²) in [6.07, 6.45) is 6.65. The molecule has 8 heteroatoms. The fourth-order valence-electron chi connectivity index (χ4n) is 3.17. The minimum absolute atomic E-state index is 0.0691. The number of primary amides is 1. The second kappa shape index (κ2) is 16.5. The van der Waals surface area contributed by atoms with E-state index in [1.807, 2.05) is 65.8 Å². The Morgan fingerprint density at radius 3 is 2.19 bits per heavy atom. The molecular weight excluding hydrogens is 486 g/mol. The highest BCUT2D eigenvalue weighted by molar-refractivity contribution is 7.79. The van der Waals surface area contributed by atoms with E-state index in [1.165, 1.54) is 13.3 Å². The van der Waals surface area contributed by atoms with E-state index in [-0.39, 0.29) is 16.2 Å². The van der Waals surface area contributed by atoms with Gasteiger partial charge in [-0.25, -0.2) is 0 Å². The number of carbonyl (C=O) groups is 1. The highest BCUT2D eigenvalue weighted by Gasteiger charge is 2.16. The van der Waals surface area contributed by atoms with E-state index in [2.05, 4.69) is 18.8 Å². The van der Waals surface area contributed by atoms with Crippen molar-refractivity contribution in [1.29, 1.82) is 0 Å². The standard InChI is InChI=1S/C16H21N3O.C11H16O3S.C2H6/c1-4-15(19-9-5-8-17)13-7-6-12(16(18)20)10-14(13)11(2)3;1-11(2,3)8-5-6-9(14-4)10(7-8)15(12)13;1-2/h4-11H,17H2,1-3H3,(H2,18,20);5-7H,1-4H3,(H,12,13);1-2H3/p-1/b8-5-,15-4+,19-9+;;. The summed E-state index contributed by atoms with van der Waals surface area (Å²) in [7, 11) is 1.46. The van der Waals surface area contributed by atoms with Crippen molar-refractivity contribution in [3.8, 4) is 5.75 Å². The summed E-state index contributed by atoms with van der Waals surface area (Å²) in [5.74, 6) is 0.228. The van der Waals surface area contributed by atoms with Crippen LogP contribution in [-0.2, 0) is 16.5 Å². The number of nitrogens with two attached hydrogens (primary N) is 2. The lowest BCUT2D eigenvalue weighted by Crippen LogP contribution is -2.12. The lowest BCUT2D eigenvalue weighted by Gasteiger charge is -2.21. The molecule has 2 aromatic carbocycles. The zero-order valence-electron chi connectivity index (χ0n) is 23.5. The van der Waals surface area contributed by atoms with Crippen molar-refractivity contribution in [2.45, 2.75) is 71.6 Å². The first-order valence-electron chi connectivity index (χ1n) is 12.2. The van der Waals surface area contributed by atoms with Crippen LogP contribution in [0.5, 0.6) is 5.75 Å². The summed E-state index contributed by atoms with van der Waals surface area (Å²) in [5, 5.41) is 0. The topological polar surface area (TPSA) is 131 Å². The molecule has 0 aromatic heterocycles. The molecule has 1 atom stereocenters. The monoisotopic (exact) mass is 528 g/mol. The van der Waals surface area contributed by atoms with Gasteiger partial charge < -0.3 is 20.8 Å². The Morgan fingerprint density at radius 1 is 1.14 bits per heavy atom. The summed E-state index contributed by atoms with van der Waals surface area (Å²) in [4.78, 5) is 15.9. The summed E-state index contributed by atoms with van der Waals surface area (Å²) in [6.45, 7) is 16.2. The van der Waals surface area contributed by atoms with Gasteiger partial charge in [-0.2, -0.15) is 0 Å². The number of benzene rings is 2. The quantitative estimate of drug-likeness (QED) is 0.333. The molecule has 0 spiro atoms. The maximum absolute atomic E-state index is 11.3. The number of hydrogen-bond acceptors (Lipinski definition) is 6. The molecule has 0 aliphatic heterocycles. The highest BCUT2D eigenvalue weighted by Crippen LogP contribution is 2.29. The van der Waals surface area contributed by atoms with E-state index < -0.39 is 17.0 Å². The average Bonchev–Trinajstić information content (AvgIpc) is 2.87. The van der Waals surface area contributed by atoms with Crippen LogP contribution in [-0.4, -0.2) is 28.0 Å². The first-order valence-corrected chi connectivity index (χ1v) is 13.2. The van der Waals surface area contributed by atoms with Crippen LogP contribution in [0.25, 0.3) is 5.70 Å². The minimum atomic E-state index is -2.26. The van der Waals surface area contributed by atoms with Gasteiger partial charge in [0.15, 0.2) is 0 Å². The molecule has 0 saturated carbocycles. The van der Waals surface area contributed by atoms with Crippen LogP contribution < -0.4 is 16.2 Å². The van der Waals surface area contributed by atoms with Crippen LogP contribution in [0.3, 0.4) is 0 Å². The van der Waals surface area contributed by atoms with Gasteiger partial charge in [-0.1, -0.05) is 66.7 Å². The fourth-order valence-corrected chi connectivity index (χ4v) is 3.71. The van der Waals surface area contributed by atoms with E-state index in [0.717, 1.165) is 22.4 Å². The Bertz CT molecular complexity index is 1130. The highest BCUT2D eigenvalue weighted by atomic mass is 32.2. The molecule has 2 rings (SSSR count). The summed E-state index contributed by atoms with van der Waals surface area (Å²) < 4.78 is 26.9. The number of methoxy groups -OCH3 is 1. The first kappa shape index (κ1) is 33.8. The van der Waals surface area contributed by atoms with Crippen molar-refractivity contribution < 1.29 is 18.3 Å². The molecule has 4 N–H and O–H groups in total. The number of amides is 1. The zero-order chi connectivity index (χ0) is 28.8. The van der Waals surface area contributed by atoms with Gasteiger partial charge in [-0.05, 0) is 77.0 Å². The maximum Gasteiger partial charge on any atom is 0.248 e. The van der Waals surface area contributed by atoms with Gasteiger partial charge in [-0.3, -0.25) is 14.0 Å². The number of nitrogens with zero attached hydrogens (tertiary/aromatic N) is 1. The van der Waals surface area contributed by atoms with Gasteiger partial charge >= 0.3 is 0 Å². The Kier molecular flexibility index (Phi) is 15.1. The molecule has 7 nitrogen and oxygen atoms in total. The number of rotatable bonds is 7. The lowest BCUT2D eigenvalue weighted by molar-refractivity contribution is 0.1000. The SMILES string of the molecule is C/C=C(/N=C/C=C\N)c1ccc(C(N)=O)cc1C(C)C.CC.COc1ccc(C(C)(C)C)cc1S(=O)[O-]. The molecule has 1 unspecified atom stereocenters. The molecule has 0 aliphatic rings. The van der Waals surface area contributed by atoms with E-state index in [9.17, 15) is 13.6 Å². The molecule has 1 amide bonds. The smallest absolute Gasteiger partial charge is 0.248 e. The predicted molar refractivity (Wildman–Crippen MR) is 155 cm³/mol. The van der Waals surface area contributed by atoms with Crippen LogP contribution in [0.1, 0.15) is 88.4 Å². The summed E-state index contributed by atoms with van der Waals surface area (Å²) in [6, 6.07) is 10.7. The van der Waals surface area contributed by atoms with Crippen molar-refractivity contribution in [3.63, 3.8) is 0 Å². The number of hydrogen-bond donors (Lipinski definition) is 2. The molecule has 37 heavy (non-hydrogen) atoms. The molecule has 204 valence electrons. The van der Waals surface area contributed by atoms with Crippen molar-refractivity contribution in [2.24, 2.45) is 16.5 Å². The second-order valence-corrected chi connectivity index (χ2v) is 9.92. The van der Waals surface area contributed by atoms with Gasteiger partial charge in [0.25, 0.3) is 0 Å². The van der Waals surface area contributed by atoms with Gasteiger partial charge in [0.2, 0.25) is 5.91 Å². The summed E-state index contributed by atoms with van der Waals surface area (Å²) >= 11 is -2.26. The van der Waals surface area contributed by atoms with Crippen molar-refractivity contribution in [3.05, 3.63) is 77.0 Å². The van der Waals surface area contributed by atoms with E-state index >= 15 is 0 Å². The Labute approximate surface area is 225 Å². The Hall–Kier alpha value is -3.23. The van der Waals surface area contributed by atoms with E-state index in [4.69, 9.17) is 16.2 Å². The second-order valence-electron chi connectivity index (χ2n) is 9.01. The van der Waals surface area contributed by atoms with Crippen molar-refractivity contribution in [1.82, 2.24) is 0 Å². The predicted octanol–water partition coefficient (Wildman–Crippen LogP) is 6.07. The molecule has 0 fully saturated rings. The van der Waals surface area contributed by atoms with Crippen LogP contribution in [0.4, 0.5) is 0 Å². The van der Waals surface area contributed by atoms with E-state index in [1.54, 1.807) is 30.5 Å². The molecule has 0 bridgehead atoms. The minimum Gasteiger partial charge on any atom is -0.768 e.